The maximum absolute atomic E-state index is 12.7. The van der Waals surface area contributed by atoms with E-state index in [0.29, 0.717) is 13.0 Å². The minimum atomic E-state index is -4.47. The van der Waals surface area contributed by atoms with Gasteiger partial charge in [0.2, 0.25) is 0 Å². The van der Waals surface area contributed by atoms with Crippen LogP contribution in [0.4, 0.5) is 18.9 Å². The number of rotatable bonds is 2. The molecular formula is C12H11BrF3NO2. The van der Waals surface area contributed by atoms with Gasteiger partial charge in [-0.2, -0.15) is 13.2 Å². The Hall–Kier alpha value is -1.08. The van der Waals surface area contributed by atoms with E-state index in [0.717, 1.165) is 12.5 Å². The van der Waals surface area contributed by atoms with Gasteiger partial charge in [0, 0.05) is 16.8 Å². The molecule has 0 radical (unpaired) electrons. The first-order valence-corrected chi connectivity index (χ1v) is 6.46. The standard InChI is InChI=1S/C12H11BrF3NO2/c13-9-4-3-7(6-8(9)12(14,15)16)17-11(18)10-2-1-5-19-10/h3-4,6,10H,1-2,5H2,(H,17,18)/t10-/m1/s1. The normalized spacial score (nSPS) is 19.5. The third-order valence-corrected chi connectivity index (χ3v) is 3.45. The van der Waals surface area contributed by atoms with E-state index >= 15 is 0 Å². The first-order valence-electron chi connectivity index (χ1n) is 5.67. The van der Waals surface area contributed by atoms with Crippen molar-refractivity contribution >= 4 is 27.5 Å². The number of hydrogen-bond acceptors (Lipinski definition) is 2. The van der Waals surface area contributed by atoms with Gasteiger partial charge in [-0.05, 0) is 31.0 Å². The van der Waals surface area contributed by atoms with Crippen molar-refractivity contribution in [3.05, 3.63) is 28.2 Å². The van der Waals surface area contributed by atoms with Crippen molar-refractivity contribution < 1.29 is 22.7 Å². The molecule has 1 aliphatic rings. The van der Waals surface area contributed by atoms with Crippen LogP contribution in [0.3, 0.4) is 0 Å². The molecule has 0 unspecified atom stereocenters. The molecule has 1 N–H and O–H groups in total. The number of anilines is 1. The number of benzene rings is 1. The Labute approximate surface area is 116 Å². The van der Waals surface area contributed by atoms with Crippen LogP contribution < -0.4 is 5.32 Å². The van der Waals surface area contributed by atoms with Crippen LogP contribution in [0, 0.1) is 0 Å². The molecule has 0 aromatic heterocycles. The Kier molecular flexibility index (Phi) is 4.15. The number of halogens is 4. The maximum atomic E-state index is 12.7. The fourth-order valence-electron chi connectivity index (χ4n) is 1.83. The quantitative estimate of drug-likeness (QED) is 0.895. The second-order valence-electron chi connectivity index (χ2n) is 4.18. The molecule has 0 aliphatic carbocycles. The SMILES string of the molecule is O=C(Nc1ccc(Br)c(C(F)(F)F)c1)[C@H]1CCCO1. The van der Waals surface area contributed by atoms with Crippen LogP contribution in [0.15, 0.2) is 22.7 Å². The van der Waals surface area contributed by atoms with Crippen LogP contribution in [0.25, 0.3) is 0 Å². The van der Waals surface area contributed by atoms with Gasteiger partial charge in [0.1, 0.15) is 6.10 Å². The Morgan fingerprint density at radius 2 is 2.16 bits per heavy atom. The molecule has 1 heterocycles. The third kappa shape index (κ3) is 3.48. The van der Waals surface area contributed by atoms with Crippen molar-refractivity contribution in [3.8, 4) is 0 Å². The zero-order valence-corrected chi connectivity index (χ0v) is 11.3. The van der Waals surface area contributed by atoms with E-state index in [4.69, 9.17) is 4.74 Å². The van der Waals surface area contributed by atoms with Gasteiger partial charge >= 0.3 is 6.18 Å². The molecule has 7 heteroatoms. The monoisotopic (exact) mass is 337 g/mol. The van der Waals surface area contributed by atoms with Crippen LogP contribution in [0.1, 0.15) is 18.4 Å². The minimum Gasteiger partial charge on any atom is -0.368 e. The van der Waals surface area contributed by atoms with Crippen LogP contribution in [-0.4, -0.2) is 18.6 Å². The summed E-state index contributed by atoms with van der Waals surface area (Å²) in [5.41, 5.74) is -0.714. The second-order valence-corrected chi connectivity index (χ2v) is 5.04. The molecule has 2 rings (SSSR count). The van der Waals surface area contributed by atoms with E-state index in [9.17, 15) is 18.0 Å². The lowest BCUT2D eigenvalue weighted by Gasteiger charge is -2.13. The molecule has 1 aromatic carbocycles. The summed E-state index contributed by atoms with van der Waals surface area (Å²) >= 11 is 2.84. The van der Waals surface area contributed by atoms with Gasteiger partial charge in [0.15, 0.2) is 0 Å². The molecule has 1 atom stereocenters. The smallest absolute Gasteiger partial charge is 0.368 e. The zero-order valence-electron chi connectivity index (χ0n) is 9.76. The highest BCUT2D eigenvalue weighted by Crippen LogP contribution is 2.36. The number of amides is 1. The van der Waals surface area contributed by atoms with Crippen molar-refractivity contribution in [1.82, 2.24) is 0 Å². The Balaban J connectivity index is 2.15. The van der Waals surface area contributed by atoms with Crippen LogP contribution in [0.5, 0.6) is 0 Å². The van der Waals surface area contributed by atoms with E-state index in [1.54, 1.807) is 0 Å². The summed E-state index contributed by atoms with van der Waals surface area (Å²) in [5.74, 6) is -0.409. The molecule has 3 nitrogen and oxygen atoms in total. The van der Waals surface area contributed by atoms with Crippen LogP contribution in [-0.2, 0) is 15.7 Å². The second kappa shape index (κ2) is 5.50. The van der Waals surface area contributed by atoms with Crippen molar-refractivity contribution in [3.63, 3.8) is 0 Å². The maximum Gasteiger partial charge on any atom is 0.417 e. The number of carbonyl (C=O) groups excluding carboxylic acids is 1. The predicted octanol–water partition coefficient (Wildman–Crippen LogP) is 3.59. The number of carbonyl (C=O) groups is 1. The molecule has 1 fully saturated rings. The summed E-state index contributed by atoms with van der Waals surface area (Å²) in [7, 11) is 0. The summed E-state index contributed by atoms with van der Waals surface area (Å²) in [6, 6.07) is 3.57. The molecule has 19 heavy (non-hydrogen) atoms. The van der Waals surface area contributed by atoms with E-state index in [1.807, 2.05) is 0 Å². The summed E-state index contributed by atoms with van der Waals surface area (Å²) in [6.45, 7) is 0.506. The lowest BCUT2D eigenvalue weighted by molar-refractivity contribution is -0.138. The number of hydrogen-bond donors (Lipinski definition) is 1. The van der Waals surface area contributed by atoms with E-state index < -0.39 is 23.8 Å². The van der Waals surface area contributed by atoms with E-state index in [2.05, 4.69) is 21.2 Å². The molecule has 1 amide bonds. The molecule has 104 valence electrons. The molecular weight excluding hydrogens is 327 g/mol. The number of ether oxygens (including phenoxy) is 1. The molecule has 1 aromatic rings. The fourth-order valence-corrected chi connectivity index (χ4v) is 2.30. The van der Waals surface area contributed by atoms with Gasteiger partial charge in [-0.25, -0.2) is 0 Å². The van der Waals surface area contributed by atoms with Gasteiger partial charge in [-0.1, -0.05) is 15.9 Å². The Morgan fingerprint density at radius 3 is 2.74 bits per heavy atom. The average Bonchev–Trinajstić information content (AvgIpc) is 2.83. The topological polar surface area (TPSA) is 38.3 Å². The first-order chi connectivity index (χ1) is 8.88. The largest absolute Gasteiger partial charge is 0.417 e. The van der Waals surface area contributed by atoms with Gasteiger partial charge in [0.25, 0.3) is 5.91 Å². The van der Waals surface area contributed by atoms with Crippen molar-refractivity contribution in [1.29, 1.82) is 0 Å². The highest BCUT2D eigenvalue weighted by atomic mass is 79.9. The predicted molar refractivity (Wildman–Crippen MR) is 66.7 cm³/mol. The molecule has 0 saturated carbocycles. The van der Waals surface area contributed by atoms with E-state index in [1.165, 1.54) is 12.1 Å². The zero-order chi connectivity index (χ0) is 14.0. The summed E-state index contributed by atoms with van der Waals surface area (Å²) in [4.78, 5) is 11.7. The third-order valence-electron chi connectivity index (χ3n) is 2.76. The van der Waals surface area contributed by atoms with Gasteiger partial charge in [0.05, 0.1) is 5.56 Å². The number of alkyl halides is 3. The molecule has 1 aliphatic heterocycles. The molecule has 0 spiro atoms. The minimum absolute atomic E-state index is 0.0601. The van der Waals surface area contributed by atoms with Gasteiger partial charge in [-0.3, -0.25) is 4.79 Å². The first kappa shape index (κ1) is 14.3. The number of nitrogens with one attached hydrogen (secondary N) is 1. The molecule has 0 bridgehead atoms. The lowest BCUT2D eigenvalue weighted by atomic mass is 10.2. The van der Waals surface area contributed by atoms with E-state index in [-0.39, 0.29) is 10.2 Å². The average molecular weight is 338 g/mol. The molecule has 1 saturated heterocycles. The highest BCUT2D eigenvalue weighted by molar-refractivity contribution is 9.10. The van der Waals surface area contributed by atoms with Crippen molar-refractivity contribution in [2.75, 3.05) is 11.9 Å². The Bertz CT molecular complexity index is 484. The van der Waals surface area contributed by atoms with Crippen LogP contribution >= 0.6 is 15.9 Å². The summed E-state index contributed by atoms with van der Waals surface area (Å²) in [6.07, 6.45) is -3.66. The fraction of sp³-hybridized carbons (Fsp3) is 0.417. The van der Waals surface area contributed by atoms with Gasteiger partial charge in [-0.15, -0.1) is 0 Å². The lowest BCUT2D eigenvalue weighted by Crippen LogP contribution is -2.27. The van der Waals surface area contributed by atoms with Crippen LogP contribution in [0.2, 0.25) is 0 Å². The van der Waals surface area contributed by atoms with Gasteiger partial charge < -0.3 is 10.1 Å². The highest BCUT2D eigenvalue weighted by Gasteiger charge is 2.33. The van der Waals surface area contributed by atoms with Crippen molar-refractivity contribution in [2.45, 2.75) is 25.1 Å². The van der Waals surface area contributed by atoms with Crippen molar-refractivity contribution in [2.24, 2.45) is 0 Å². The summed E-state index contributed by atoms with van der Waals surface area (Å²) in [5, 5.41) is 2.44. The Morgan fingerprint density at radius 1 is 1.42 bits per heavy atom. The summed E-state index contributed by atoms with van der Waals surface area (Å²) < 4.78 is 43.2.